The van der Waals surface area contributed by atoms with Crippen molar-refractivity contribution in [2.45, 2.75) is 17.8 Å². The molecule has 3 heterocycles. The maximum Gasteiger partial charge on any atom is 0.191 e. The highest BCUT2D eigenvalue weighted by atomic mass is 32.2. The third-order valence-electron chi connectivity index (χ3n) is 4.76. The number of H-pyrrole nitrogens is 1. The Hall–Kier alpha value is -2.65. The number of hydrogen-bond donors (Lipinski definition) is 2. The van der Waals surface area contributed by atoms with Crippen LogP contribution in [0, 0.1) is 12.7 Å². The molecule has 0 amide bonds. The molecule has 1 aliphatic rings. The first kappa shape index (κ1) is 19.7. The van der Waals surface area contributed by atoms with Gasteiger partial charge in [0, 0.05) is 49.8 Å². The van der Waals surface area contributed by atoms with E-state index in [1.807, 2.05) is 19.1 Å². The molecular weight excluding hydrogens is 389 g/mol. The minimum Gasteiger partial charge on any atom is -0.354 e. The number of nitrogens with one attached hydrogen (secondary N) is 2. The van der Waals surface area contributed by atoms with Gasteiger partial charge in [-0.05, 0) is 31.7 Å². The lowest BCUT2D eigenvalue weighted by atomic mass is 10.2. The van der Waals surface area contributed by atoms with E-state index in [1.165, 1.54) is 23.9 Å². The van der Waals surface area contributed by atoms with E-state index in [4.69, 9.17) is 4.98 Å². The van der Waals surface area contributed by atoms with Gasteiger partial charge >= 0.3 is 0 Å². The third-order valence-corrected chi connectivity index (χ3v) is 5.68. The second-order valence-corrected chi connectivity index (χ2v) is 8.10. The van der Waals surface area contributed by atoms with Gasteiger partial charge in [-0.15, -0.1) is 0 Å². The van der Waals surface area contributed by atoms with Crippen molar-refractivity contribution >= 4 is 29.2 Å². The zero-order chi connectivity index (χ0) is 20.2. The van der Waals surface area contributed by atoms with E-state index in [0.29, 0.717) is 16.7 Å². The average molecular weight is 414 g/mol. The number of likely N-dealkylation sites (N-methyl/N-ethyl adjacent to an activating group) is 1. The topological polar surface area (TPSA) is 73.0 Å². The van der Waals surface area contributed by atoms with Crippen molar-refractivity contribution in [1.82, 2.24) is 25.1 Å². The summed E-state index contributed by atoms with van der Waals surface area (Å²) in [4.78, 5) is 14.0. The molecule has 2 N–H and O–H groups in total. The molecular formula is C20H24FN7S. The van der Waals surface area contributed by atoms with Gasteiger partial charge in [0.25, 0.3) is 0 Å². The van der Waals surface area contributed by atoms with Gasteiger partial charge in [-0.25, -0.2) is 14.4 Å². The van der Waals surface area contributed by atoms with Crippen molar-refractivity contribution in [1.29, 1.82) is 0 Å². The van der Waals surface area contributed by atoms with Crippen LogP contribution in [0.25, 0.3) is 0 Å². The lowest BCUT2D eigenvalue weighted by Gasteiger charge is -2.33. The van der Waals surface area contributed by atoms with Crippen LogP contribution in [0.1, 0.15) is 11.3 Å². The quantitative estimate of drug-likeness (QED) is 0.474. The smallest absolute Gasteiger partial charge is 0.191 e. The summed E-state index contributed by atoms with van der Waals surface area (Å²) in [6.07, 6.45) is 0. The molecule has 0 saturated carbocycles. The van der Waals surface area contributed by atoms with Crippen molar-refractivity contribution in [3.8, 4) is 0 Å². The van der Waals surface area contributed by atoms with Crippen LogP contribution in [0.2, 0.25) is 0 Å². The van der Waals surface area contributed by atoms with Gasteiger partial charge in [-0.1, -0.05) is 23.9 Å². The molecule has 2 aromatic heterocycles. The van der Waals surface area contributed by atoms with Gasteiger partial charge in [0.2, 0.25) is 0 Å². The molecule has 1 fully saturated rings. The van der Waals surface area contributed by atoms with E-state index in [1.54, 1.807) is 12.1 Å². The van der Waals surface area contributed by atoms with Gasteiger partial charge in [0.05, 0.1) is 0 Å². The molecule has 4 rings (SSSR count). The van der Waals surface area contributed by atoms with Gasteiger partial charge in [-0.2, -0.15) is 5.10 Å². The standard InChI is InChI=1S/C20H24FN7S/c1-14-11-18(26-25-14)22-17-12-19(28-9-7-27(2)8-10-28)24-20(23-17)29-13-15-3-5-16(21)6-4-15/h3-6,11-12H,7-10,13H2,1-2H3,(H2,22,23,24,25,26). The number of thioether (sulfide) groups is 1. The summed E-state index contributed by atoms with van der Waals surface area (Å²) in [6.45, 7) is 5.82. The monoisotopic (exact) mass is 413 g/mol. The molecule has 0 spiro atoms. The van der Waals surface area contributed by atoms with E-state index >= 15 is 0 Å². The zero-order valence-electron chi connectivity index (χ0n) is 16.5. The third kappa shape index (κ3) is 5.24. The van der Waals surface area contributed by atoms with Crippen LogP contribution >= 0.6 is 11.8 Å². The first-order valence-electron chi connectivity index (χ1n) is 9.54. The van der Waals surface area contributed by atoms with E-state index in [9.17, 15) is 4.39 Å². The lowest BCUT2D eigenvalue weighted by Crippen LogP contribution is -2.44. The largest absolute Gasteiger partial charge is 0.354 e. The second-order valence-electron chi connectivity index (χ2n) is 7.16. The van der Waals surface area contributed by atoms with Crippen molar-refractivity contribution in [3.05, 3.63) is 53.5 Å². The number of anilines is 3. The Kier molecular flexibility index (Phi) is 5.96. The molecule has 0 aliphatic carbocycles. The van der Waals surface area contributed by atoms with E-state index in [2.05, 4.69) is 37.3 Å². The molecule has 29 heavy (non-hydrogen) atoms. The first-order chi connectivity index (χ1) is 14.0. The van der Waals surface area contributed by atoms with Crippen LogP contribution in [-0.4, -0.2) is 58.3 Å². The maximum atomic E-state index is 13.1. The lowest BCUT2D eigenvalue weighted by molar-refractivity contribution is 0.312. The van der Waals surface area contributed by atoms with Gasteiger partial charge in [0.1, 0.15) is 17.5 Å². The summed E-state index contributed by atoms with van der Waals surface area (Å²) in [6, 6.07) is 10.4. The molecule has 7 nitrogen and oxygen atoms in total. The number of nitrogens with zero attached hydrogens (tertiary/aromatic N) is 5. The first-order valence-corrected chi connectivity index (χ1v) is 10.5. The molecule has 1 saturated heterocycles. The molecule has 0 atom stereocenters. The average Bonchev–Trinajstić information content (AvgIpc) is 3.12. The van der Waals surface area contributed by atoms with Gasteiger partial charge in [0.15, 0.2) is 11.0 Å². The predicted octanol–water partition coefficient (Wildman–Crippen LogP) is 3.43. The second kappa shape index (κ2) is 8.79. The highest BCUT2D eigenvalue weighted by molar-refractivity contribution is 7.98. The number of piperazine rings is 1. The van der Waals surface area contributed by atoms with Gasteiger partial charge in [-0.3, -0.25) is 5.10 Å². The summed E-state index contributed by atoms with van der Waals surface area (Å²) in [7, 11) is 2.13. The highest BCUT2D eigenvalue weighted by Gasteiger charge is 2.18. The summed E-state index contributed by atoms with van der Waals surface area (Å²) in [5, 5.41) is 11.1. The normalized spacial score (nSPS) is 14.9. The Labute approximate surface area is 173 Å². The Morgan fingerprint density at radius 1 is 1.07 bits per heavy atom. The Bertz CT molecular complexity index is 952. The fourth-order valence-electron chi connectivity index (χ4n) is 3.08. The number of halogens is 1. The predicted molar refractivity (Wildman–Crippen MR) is 114 cm³/mol. The number of aromatic amines is 1. The SMILES string of the molecule is Cc1cc(Nc2cc(N3CCN(C)CC3)nc(SCc3ccc(F)cc3)n2)n[nH]1. The van der Waals surface area contributed by atoms with Crippen molar-refractivity contribution in [2.75, 3.05) is 43.4 Å². The fourth-order valence-corrected chi connectivity index (χ4v) is 3.89. The molecule has 152 valence electrons. The molecule has 9 heteroatoms. The van der Waals surface area contributed by atoms with Crippen LogP contribution in [0.4, 0.5) is 21.8 Å². The summed E-state index contributed by atoms with van der Waals surface area (Å²) in [5.74, 6) is 2.78. The van der Waals surface area contributed by atoms with E-state index < -0.39 is 0 Å². The number of aryl methyl sites for hydroxylation is 1. The van der Waals surface area contributed by atoms with Crippen LogP contribution in [0.3, 0.4) is 0 Å². The number of hydrogen-bond acceptors (Lipinski definition) is 7. The highest BCUT2D eigenvalue weighted by Crippen LogP contribution is 2.26. The summed E-state index contributed by atoms with van der Waals surface area (Å²) < 4.78 is 13.1. The zero-order valence-corrected chi connectivity index (χ0v) is 17.3. The minimum absolute atomic E-state index is 0.229. The van der Waals surface area contributed by atoms with Crippen LogP contribution in [0.15, 0.2) is 41.6 Å². The molecule has 3 aromatic rings. The fraction of sp³-hybridized carbons (Fsp3) is 0.350. The van der Waals surface area contributed by atoms with Crippen LogP contribution in [-0.2, 0) is 5.75 Å². The Morgan fingerprint density at radius 3 is 2.52 bits per heavy atom. The molecule has 1 aromatic carbocycles. The maximum absolute atomic E-state index is 13.1. The van der Waals surface area contributed by atoms with Crippen LogP contribution < -0.4 is 10.2 Å². The van der Waals surface area contributed by atoms with Crippen molar-refractivity contribution in [2.24, 2.45) is 0 Å². The van der Waals surface area contributed by atoms with Gasteiger partial charge < -0.3 is 15.1 Å². The molecule has 0 bridgehead atoms. The summed E-state index contributed by atoms with van der Waals surface area (Å²) >= 11 is 1.54. The Balaban J connectivity index is 1.55. The summed E-state index contributed by atoms with van der Waals surface area (Å²) in [5.41, 5.74) is 2.01. The van der Waals surface area contributed by atoms with E-state index in [-0.39, 0.29) is 5.82 Å². The molecule has 1 aliphatic heterocycles. The number of aromatic nitrogens is 4. The minimum atomic E-state index is -0.229. The molecule has 0 radical (unpaired) electrons. The van der Waals surface area contributed by atoms with E-state index in [0.717, 1.165) is 49.1 Å². The molecule has 0 unspecified atom stereocenters. The van der Waals surface area contributed by atoms with Crippen LogP contribution in [0.5, 0.6) is 0 Å². The number of benzene rings is 1. The van der Waals surface area contributed by atoms with Crippen molar-refractivity contribution < 1.29 is 4.39 Å². The Morgan fingerprint density at radius 2 is 1.83 bits per heavy atom. The number of rotatable bonds is 6. The van der Waals surface area contributed by atoms with Crippen molar-refractivity contribution in [3.63, 3.8) is 0 Å².